The second kappa shape index (κ2) is 9.59. The number of aliphatic hydroxyl groups is 1. The Bertz CT molecular complexity index is 1070. The molecule has 1 atom stereocenters. The third kappa shape index (κ3) is 6.61. The molecule has 2 aromatic carbocycles. The molecule has 31 heavy (non-hydrogen) atoms. The van der Waals surface area contributed by atoms with Gasteiger partial charge in [-0.05, 0) is 37.3 Å². The molecular formula is C20H17Cl2F3N4O2. The smallest absolute Gasteiger partial charge is 0.406 e. The fourth-order valence-electron chi connectivity index (χ4n) is 2.57. The van der Waals surface area contributed by atoms with E-state index in [2.05, 4.69) is 25.3 Å². The van der Waals surface area contributed by atoms with Crippen molar-refractivity contribution in [3.8, 4) is 17.0 Å². The van der Waals surface area contributed by atoms with Gasteiger partial charge in [0.2, 0.25) is 5.95 Å². The summed E-state index contributed by atoms with van der Waals surface area (Å²) in [5, 5.41) is 16.1. The van der Waals surface area contributed by atoms with Gasteiger partial charge in [0.1, 0.15) is 11.6 Å². The van der Waals surface area contributed by atoms with Crippen molar-refractivity contribution >= 4 is 40.7 Å². The summed E-state index contributed by atoms with van der Waals surface area (Å²) in [6.07, 6.45) is -4.81. The minimum atomic E-state index is -4.81. The quantitative estimate of drug-likeness (QED) is 0.398. The minimum absolute atomic E-state index is 0.161. The number of alkyl halides is 3. The summed E-state index contributed by atoms with van der Waals surface area (Å²) in [5.41, 5.74) is 1.21. The highest BCUT2D eigenvalue weighted by molar-refractivity contribution is 6.36. The zero-order chi connectivity index (χ0) is 22.6. The van der Waals surface area contributed by atoms with E-state index in [-0.39, 0.29) is 24.3 Å². The van der Waals surface area contributed by atoms with Gasteiger partial charge in [0.25, 0.3) is 0 Å². The second-order valence-corrected chi connectivity index (χ2v) is 7.36. The van der Waals surface area contributed by atoms with Gasteiger partial charge in [-0.15, -0.1) is 13.2 Å². The third-order valence-electron chi connectivity index (χ3n) is 3.93. The molecule has 0 unspecified atom stereocenters. The number of benzene rings is 2. The summed E-state index contributed by atoms with van der Waals surface area (Å²) in [4.78, 5) is 8.68. The number of anilines is 3. The second-order valence-electron chi connectivity index (χ2n) is 6.51. The zero-order valence-electron chi connectivity index (χ0n) is 16.0. The Balaban J connectivity index is 2.00. The first-order valence-electron chi connectivity index (χ1n) is 8.97. The normalized spacial score (nSPS) is 12.4. The van der Waals surface area contributed by atoms with Crippen molar-refractivity contribution in [1.29, 1.82) is 0 Å². The highest BCUT2D eigenvalue weighted by atomic mass is 35.5. The van der Waals surface area contributed by atoms with E-state index in [0.717, 1.165) is 0 Å². The molecule has 1 aromatic heterocycles. The molecule has 0 spiro atoms. The first-order valence-corrected chi connectivity index (χ1v) is 9.73. The summed E-state index contributed by atoms with van der Waals surface area (Å²) in [6, 6.07) is 11.5. The van der Waals surface area contributed by atoms with Crippen LogP contribution in [0.3, 0.4) is 0 Å². The van der Waals surface area contributed by atoms with Gasteiger partial charge in [-0.1, -0.05) is 35.3 Å². The van der Waals surface area contributed by atoms with Crippen molar-refractivity contribution in [2.45, 2.75) is 19.3 Å². The van der Waals surface area contributed by atoms with E-state index in [1.807, 2.05) is 0 Å². The molecule has 0 bridgehead atoms. The predicted octanol–water partition coefficient (Wildman–Crippen LogP) is 5.89. The van der Waals surface area contributed by atoms with Crippen LogP contribution < -0.4 is 15.4 Å². The van der Waals surface area contributed by atoms with Gasteiger partial charge in [-0.3, -0.25) is 0 Å². The van der Waals surface area contributed by atoms with Crippen molar-refractivity contribution in [2.75, 3.05) is 17.2 Å². The molecule has 1 heterocycles. The summed E-state index contributed by atoms with van der Waals surface area (Å²) < 4.78 is 41.7. The molecule has 0 aliphatic rings. The molecule has 6 nitrogen and oxygen atoms in total. The molecule has 0 aliphatic carbocycles. The van der Waals surface area contributed by atoms with Crippen LogP contribution >= 0.6 is 23.2 Å². The van der Waals surface area contributed by atoms with Crippen LogP contribution in [0.15, 0.2) is 48.5 Å². The Kier molecular flexibility index (Phi) is 7.09. The van der Waals surface area contributed by atoms with Gasteiger partial charge >= 0.3 is 6.36 Å². The van der Waals surface area contributed by atoms with Crippen molar-refractivity contribution < 1.29 is 23.0 Å². The Hall–Kier alpha value is -2.75. The number of halogens is 5. The first kappa shape index (κ1) is 22.9. The van der Waals surface area contributed by atoms with Crippen LogP contribution in [0, 0.1) is 0 Å². The molecule has 0 fully saturated rings. The first-order chi connectivity index (χ1) is 14.6. The Morgan fingerprint density at radius 2 is 1.87 bits per heavy atom. The van der Waals surface area contributed by atoms with Crippen molar-refractivity contribution in [3.63, 3.8) is 0 Å². The molecule has 164 valence electrons. The number of aliphatic hydroxyl groups excluding tert-OH is 1. The van der Waals surface area contributed by atoms with Gasteiger partial charge in [0, 0.05) is 22.7 Å². The predicted molar refractivity (Wildman–Crippen MR) is 114 cm³/mol. The van der Waals surface area contributed by atoms with Crippen LogP contribution in [0.2, 0.25) is 10.0 Å². The number of nitrogens with one attached hydrogen (secondary N) is 2. The van der Waals surface area contributed by atoms with Crippen LogP contribution in [0.25, 0.3) is 11.3 Å². The molecule has 0 saturated heterocycles. The lowest BCUT2D eigenvalue weighted by atomic mass is 10.1. The standard InChI is InChI=1S/C20H17Cl2F3N4O2/c1-11(10-30)26-19-28-17(12-3-2-4-14(7-12)31-20(23,24)25)9-18(29-19)27-16-6-5-13(21)8-15(16)22/h2-9,11,30H,10H2,1H3,(H2,26,27,28,29)/t11-/m0/s1. The summed E-state index contributed by atoms with van der Waals surface area (Å²) >= 11 is 12.1. The maximum absolute atomic E-state index is 12.6. The molecule has 0 radical (unpaired) electrons. The van der Waals surface area contributed by atoms with Gasteiger partial charge in [0.05, 0.1) is 23.0 Å². The van der Waals surface area contributed by atoms with Gasteiger partial charge < -0.3 is 20.5 Å². The summed E-state index contributed by atoms with van der Waals surface area (Å²) in [6.45, 7) is 1.55. The van der Waals surface area contributed by atoms with Crippen LogP contribution in [0.4, 0.5) is 30.6 Å². The van der Waals surface area contributed by atoms with Crippen LogP contribution in [0.1, 0.15) is 6.92 Å². The number of hydrogen-bond acceptors (Lipinski definition) is 6. The minimum Gasteiger partial charge on any atom is -0.406 e. The maximum atomic E-state index is 12.6. The van der Waals surface area contributed by atoms with E-state index in [0.29, 0.717) is 32.8 Å². The van der Waals surface area contributed by atoms with E-state index in [4.69, 9.17) is 23.2 Å². The average Bonchev–Trinajstić information content (AvgIpc) is 2.69. The van der Waals surface area contributed by atoms with Gasteiger partial charge in [0.15, 0.2) is 0 Å². The van der Waals surface area contributed by atoms with Crippen LogP contribution in [-0.4, -0.2) is 34.1 Å². The molecule has 0 amide bonds. The Labute approximate surface area is 186 Å². The van der Waals surface area contributed by atoms with Crippen LogP contribution in [-0.2, 0) is 0 Å². The number of nitrogens with zero attached hydrogens (tertiary/aromatic N) is 2. The fraction of sp³-hybridized carbons (Fsp3) is 0.200. The lowest BCUT2D eigenvalue weighted by molar-refractivity contribution is -0.274. The van der Waals surface area contributed by atoms with Gasteiger partial charge in [-0.2, -0.15) is 4.98 Å². The number of ether oxygens (including phenoxy) is 1. The zero-order valence-corrected chi connectivity index (χ0v) is 17.6. The monoisotopic (exact) mass is 472 g/mol. The van der Waals surface area contributed by atoms with E-state index in [1.165, 1.54) is 18.2 Å². The highest BCUT2D eigenvalue weighted by Crippen LogP contribution is 2.31. The van der Waals surface area contributed by atoms with Gasteiger partial charge in [-0.25, -0.2) is 4.98 Å². The van der Waals surface area contributed by atoms with E-state index in [1.54, 1.807) is 37.3 Å². The molecular weight excluding hydrogens is 456 g/mol. The Morgan fingerprint density at radius 3 is 2.55 bits per heavy atom. The molecule has 3 aromatic rings. The van der Waals surface area contributed by atoms with Crippen LogP contribution in [0.5, 0.6) is 5.75 Å². The van der Waals surface area contributed by atoms with Crippen molar-refractivity contribution in [3.05, 3.63) is 58.6 Å². The van der Waals surface area contributed by atoms with Crippen molar-refractivity contribution in [2.24, 2.45) is 0 Å². The van der Waals surface area contributed by atoms with E-state index >= 15 is 0 Å². The lowest BCUT2D eigenvalue weighted by Crippen LogP contribution is -2.21. The maximum Gasteiger partial charge on any atom is 0.573 e. The number of rotatable bonds is 7. The number of hydrogen-bond donors (Lipinski definition) is 3. The molecule has 3 N–H and O–H groups in total. The van der Waals surface area contributed by atoms with E-state index < -0.39 is 6.36 Å². The van der Waals surface area contributed by atoms with E-state index in [9.17, 15) is 18.3 Å². The molecule has 3 rings (SSSR count). The largest absolute Gasteiger partial charge is 0.573 e. The molecule has 0 aliphatic heterocycles. The van der Waals surface area contributed by atoms with Crippen molar-refractivity contribution in [1.82, 2.24) is 9.97 Å². The summed E-state index contributed by atoms with van der Waals surface area (Å²) in [5.74, 6) is 0.106. The average molecular weight is 473 g/mol. The lowest BCUT2D eigenvalue weighted by Gasteiger charge is -2.15. The number of aromatic nitrogens is 2. The topological polar surface area (TPSA) is 79.3 Å². The highest BCUT2D eigenvalue weighted by Gasteiger charge is 2.31. The Morgan fingerprint density at radius 1 is 1.10 bits per heavy atom. The molecule has 0 saturated carbocycles. The molecule has 11 heteroatoms. The fourth-order valence-corrected chi connectivity index (χ4v) is 3.03. The summed E-state index contributed by atoms with van der Waals surface area (Å²) in [7, 11) is 0. The third-order valence-corrected chi connectivity index (χ3v) is 4.48. The SMILES string of the molecule is C[C@@H](CO)Nc1nc(Nc2ccc(Cl)cc2Cl)cc(-c2cccc(OC(F)(F)F)c2)n1.